The predicted octanol–water partition coefficient (Wildman–Crippen LogP) is 0.0403. The summed E-state index contributed by atoms with van der Waals surface area (Å²) in [4.78, 5) is 88.4. The number of guanidine groups is 1. The van der Waals surface area contributed by atoms with Crippen LogP contribution in [0.1, 0.15) is 87.5 Å². The van der Waals surface area contributed by atoms with Gasteiger partial charge in [0.05, 0.1) is 19.1 Å². The number of carbonyl (C=O) groups is 5. The molecule has 0 aromatic heterocycles. The first-order valence-electron chi connectivity index (χ1n) is 17.3. The Morgan fingerprint density at radius 2 is 1.44 bits per heavy atom. The van der Waals surface area contributed by atoms with E-state index < -0.39 is 88.1 Å². The van der Waals surface area contributed by atoms with Gasteiger partial charge < -0.3 is 33.2 Å². The molecule has 9 unspecified atom stereocenters. The third kappa shape index (κ3) is 19.6. The molecule has 4 amide bonds. The molecular formula is C31H61N9O10P2+2. The molecule has 52 heavy (non-hydrogen) atoms. The standard InChI is InChI=1S/C31H59N9O10P2/c1-9-19(6)26(39-30(45)27(37-21(8)41)20(7)50-52(48)49)29(44)38-22(13-17(2)3)16-40(51(46)47)24(14-18(4)5)25(42)15-36-23(28(32)43)11-10-12-35-31(33)34/h17-20,22-24,26-27,36H,9-16H2,1-8H3,(H9-2,32,33,34,35,37,38,39,41,43,44,45,46,47,48,49)/p+2. The fourth-order valence-electron chi connectivity index (χ4n) is 5.40. The van der Waals surface area contributed by atoms with E-state index in [0.717, 1.165) is 11.6 Å². The van der Waals surface area contributed by atoms with Crippen LogP contribution in [-0.4, -0.2) is 106 Å². The summed E-state index contributed by atoms with van der Waals surface area (Å²) in [5.41, 5.74) is 16.2. The Kier molecular flexibility index (Phi) is 23.4. The molecule has 0 aliphatic heterocycles. The van der Waals surface area contributed by atoms with Crippen LogP contribution in [0.2, 0.25) is 0 Å². The van der Waals surface area contributed by atoms with Gasteiger partial charge in [-0.15, -0.1) is 14.3 Å². The Bertz CT molecular complexity index is 1250. The van der Waals surface area contributed by atoms with Crippen LogP contribution in [-0.2, 0) is 37.6 Å². The molecule has 0 aromatic rings. The molecule has 298 valence electrons. The zero-order chi connectivity index (χ0) is 40.3. The van der Waals surface area contributed by atoms with Gasteiger partial charge in [0, 0.05) is 24.1 Å². The van der Waals surface area contributed by atoms with Crippen molar-refractivity contribution in [3.05, 3.63) is 0 Å². The number of hydrogen-bond donors (Lipinski definition) is 9. The molecule has 0 saturated carbocycles. The Hall–Kier alpha value is -3.18. The van der Waals surface area contributed by atoms with Crippen molar-refractivity contribution in [1.29, 1.82) is 0 Å². The van der Waals surface area contributed by atoms with Crippen LogP contribution in [0.4, 0.5) is 0 Å². The van der Waals surface area contributed by atoms with Gasteiger partial charge in [-0.05, 0) is 54.9 Å². The number of Topliss-reactive ketones (excluding diaryl/α,β-unsaturated/α-hetero) is 1. The van der Waals surface area contributed by atoms with Crippen LogP contribution >= 0.6 is 16.4 Å². The molecule has 19 nitrogen and oxygen atoms in total. The Balaban J connectivity index is 6.31. The third-order valence-electron chi connectivity index (χ3n) is 8.13. The summed E-state index contributed by atoms with van der Waals surface area (Å²) in [5, 5.41) is 10.7. The van der Waals surface area contributed by atoms with Crippen molar-refractivity contribution >= 4 is 51.8 Å². The Morgan fingerprint density at radius 1 is 0.865 bits per heavy atom. The van der Waals surface area contributed by atoms with Gasteiger partial charge in [0.25, 0.3) is 0 Å². The van der Waals surface area contributed by atoms with Crippen LogP contribution in [0.3, 0.4) is 0 Å². The van der Waals surface area contributed by atoms with E-state index in [1.54, 1.807) is 13.8 Å². The van der Waals surface area contributed by atoms with Gasteiger partial charge in [0.1, 0.15) is 24.2 Å². The first-order chi connectivity index (χ1) is 24.1. The maximum atomic E-state index is 13.9. The number of amides is 4. The van der Waals surface area contributed by atoms with E-state index in [0.29, 0.717) is 19.3 Å². The lowest BCUT2D eigenvalue weighted by Crippen LogP contribution is -2.60. The molecule has 12 N–H and O–H groups in total. The zero-order valence-corrected chi connectivity index (χ0v) is 33.3. The molecule has 9 atom stereocenters. The van der Waals surface area contributed by atoms with Gasteiger partial charge >= 0.3 is 16.4 Å². The van der Waals surface area contributed by atoms with Gasteiger partial charge in [0.15, 0.2) is 11.7 Å². The van der Waals surface area contributed by atoms with Crippen molar-refractivity contribution in [3.8, 4) is 0 Å². The molecule has 0 spiro atoms. The molecular weight excluding hydrogens is 720 g/mol. The Labute approximate surface area is 308 Å². The average molecular weight is 782 g/mol. The van der Waals surface area contributed by atoms with Crippen LogP contribution in [0.5, 0.6) is 0 Å². The molecule has 21 heteroatoms. The van der Waals surface area contributed by atoms with E-state index >= 15 is 0 Å². The highest BCUT2D eigenvalue weighted by Gasteiger charge is 2.42. The number of nitrogens with one attached hydrogen (secondary N) is 4. The second kappa shape index (κ2) is 24.9. The first-order valence-corrected chi connectivity index (χ1v) is 19.6. The summed E-state index contributed by atoms with van der Waals surface area (Å²) < 4.78 is 30.1. The summed E-state index contributed by atoms with van der Waals surface area (Å²) in [6.07, 6.45) is 0.369. The van der Waals surface area contributed by atoms with Crippen molar-refractivity contribution < 1.29 is 47.4 Å². The molecule has 0 aromatic carbocycles. The predicted molar refractivity (Wildman–Crippen MR) is 196 cm³/mol. The minimum absolute atomic E-state index is 0.0147. The number of nitrogens with two attached hydrogens (primary N) is 3. The van der Waals surface area contributed by atoms with Gasteiger partial charge in [0.2, 0.25) is 23.6 Å². The summed E-state index contributed by atoms with van der Waals surface area (Å²) in [6, 6.07) is -5.29. The fraction of sp³-hybridized carbons (Fsp3) is 0.806. The highest BCUT2D eigenvalue weighted by Crippen LogP contribution is 2.30. The highest BCUT2D eigenvalue weighted by molar-refractivity contribution is 7.35. The van der Waals surface area contributed by atoms with Crippen molar-refractivity contribution in [2.24, 2.45) is 39.9 Å². The molecule has 0 aliphatic carbocycles. The average Bonchev–Trinajstić information content (AvgIpc) is 3.01. The van der Waals surface area contributed by atoms with Crippen molar-refractivity contribution in [1.82, 2.24) is 25.9 Å². The van der Waals surface area contributed by atoms with Crippen LogP contribution in [0.25, 0.3) is 0 Å². The quantitative estimate of drug-likeness (QED) is 0.0230. The van der Waals surface area contributed by atoms with Gasteiger partial charge in [-0.2, -0.15) is 0 Å². The Morgan fingerprint density at radius 3 is 1.90 bits per heavy atom. The van der Waals surface area contributed by atoms with Crippen LogP contribution in [0, 0.1) is 17.8 Å². The third-order valence-corrected chi connectivity index (χ3v) is 9.52. The number of carbonyl (C=O) groups excluding carboxylic acids is 5. The van der Waals surface area contributed by atoms with Crippen molar-refractivity contribution in [2.45, 2.75) is 124 Å². The minimum atomic E-state index is -3.11. The zero-order valence-electron chi connectivity index (χ0n) is 31.5. The lowest BCUT2D eigenvalue weighted by atomic mass is 9.95. The SMILES string of the molecule is CCC(C)C(NC(=O)C(NC(C)=O)C(C)O[P+](=O)O)C(=O)NC(CC(C)C)CN(C(CC(C)C)C(=O)CNC(CCCN=C(N)N)C(N)=O)[P+](=O)O. The van der Waals surface area contributed by atoms with Crippen LogP contribution in [0.15, 0.2) is 4.99 Å². The molecule has 0 rings (SSSR count). The first kappa shape index (κ1) is 48.8. The molecule has 0 heterocycles. The second-order valence-electron chi connectivity index (χ2n) is 13.7. The maximum Gasteiger partial charge on any atom is 0.695 e. The van der Waals surface area contributed by atoms with Gasteiger partial charge in [-0.25, -0.2) is 0 Å². The summed E-state index contributed by atoms with van der Waals surface area (Å²) >= 11 is 0. The van der Waals surface area contributed by atoms with E-state index in [1.807, 2.05) is 27.7 Å². The van der Waals surface area contributed by atoms with Gasteiger partial charge in [-0.1, -0.05) is 52.6 Å². The molecule has 0 fully saturated rings. The van der Waals surface area contributed by atoms with Crippen molar-refractivity contribution in [2.75, 3.05) is 19.6 Å². The number of ketones is 1. The number of nitrogens with zero attached hydrogens (tertiary/aromatic N) is 2. The summed E-state index contributed by atoms with van der Waals surface area (Å²) in [5.74, 6) is -3.87. The number of primary amides is 1. The normalized spacial score (nSPS) is 16.2. The van der Waals surface area contributed by atoms with E-state index in [4.69, 9.17) is 21.7 Å². The van der Waals surface area contributed by atoms with E-state index in [2.05, 4.69) is 26.3 Å². The summed E-state index contributed by atoms with van der Waals surface area (Å²) in [7, 11) is -6.20. The smallest absolute Gasteiger partial charge is 0.370 e. The molecule has 0 bridgehead atoms. The lowest BCUT2D eigenvalue weighted by molar-refractivity contribution is -0.134. The monoisotopic (exact) mass is 781 g/mol. The lowest BCUT2D eigenvalue weighted by Gasteiger charge is -2.31. The van der Waals surface area contributed by atoms with E-state index in [1.165, 1.54) is 6.92 Å². The molecule has 0 saturated heterocycles. The topological polar surface area (TPSA) is 311 Å². The minimum Gasteiger partial charge on any atom is -0.370 e. The maximum absolute atomic E-state index is 13.9. The largest absolute Gasteiger partial charge is 0.695 e. The summed E-state index contributed by atoms with van der Waals surface area (Å²) in [6.45, 7) is 13.2. The second-order valence-corrected chi connectivity index (χ2v) is 15.4. The highest BCUT2D eigenvalue weighted by atomic mass is 31.1. The van der Waals surface area contributed by atoms with E-state index in [9.17, 15) is 42.9 Å². The number of hydrogen-bond acceptors (Lipinski definition) is 10. The fourth-order valence-corrected chi connectivity index (χ4v) is 6.60. The van der Waals surface area contributed by atoms with Gasteiger partial charge in [-0.3, -0.25) is 34.3 Å². The van der Waals surface area contributed by atoms with Crippen LogP contribution < -0.4 is 38.5 Å². The number of aliphatic imine (C=N–C) groups is 1. The molecule has 0 radical (unpaired) electrons. The number of rotatable bonds is 27. The van der Waals surface area contributed by atoms with E-state index in [-0.39, 0.29) is 50.3 Å². The molecule has 0 aliphatic rings. The van der Waals surface area contributed by atoms with Crippen molar-refractivity contribution in [3.63, 3.8) is 0 Å².